The van der Waals surface area contributed by atoms with Crippen molar-refractivity contribution >= 4 is 0 Å². The second kappa shape index (κ2) is 2.91. The van der Waals surface area contributed by atoms with Crippen molar-refractivity contribution in [2.45, 2.75) is 71.5 Å². The van der Waals surface area contributed by atoms with Crippen LogP contribution >= 0.6 is 0 Å². The molecule has 0 saturated heterocycles. The zero-order valence-corrected chi connectivity index (χ0v) is 11.6. The molecule has 0 aliphatic heterocycles. The van der Waals surface area contributed by atoms with Crippen LogP contribution in [0.2, 0.25) is 0 Å². The number of aliphatic hydroxyl groups excluding tert-OH is 1. The van der Waals surface area contributed by atoms with E-state index in [1.807, 2.05) is 6.92 Å². The van der Waals surface area contributed by atoms with Crippen LogP contribution in [0.5, 0.6) is 0 Å². The highest BCUT2D eigenvalue weighted by atomic mass is 16.3. The highest BCUT2D eigenvalue weighted by Gasteiger charge is 2.75. The molecule has 0 aromatic heterocycles. The summed E-state index contributed by atoms with van der Waals surface area (Å²) in [6.07, 6.45) is 5.25. The normalized spacial score (nSPS) is 66.0. The van der Waals surface area contributed by atoms with Gasteiger partial charge in [0.1, 0.15) is 0 Å². The van der Waals surface area contributed by atoms with Crippen molar-refractivity contribution < 1.29 is 10.2 Å². The predicted molar refractivity (Wildman–Crippen MR) is 67.5 cm³/mol. The Labute approximate surface area is 104 Å². The molecule has 0 amide bonds. The van der Waals surface area contributed by atoms with Crippen LogP contribution in [0.25, 0.3) is 0 Å². The van der Waals surface area contributed by atoms with Crippen LogP contribution in [-0.2, 0) is 0 Å². The lowest BCUT2D eigenvalue weighted by Crippen LogP contribution is -2.48. The monoisotopic (exact) mass is 238 g/mol. The van der Waals surface area contributed by atoms with Gasteiger partial charge in [-0.1, -0.05) is 27.2 Å². The fourth-order valence-electron chi connectivity index (χ4n) is 6.21. The van der Waals surface area contributed by atoms with Crippen molar-refractivity contribution in [3.8, 4) is 0 Å². The van der Waals surface area contributed by atoms with E-state index >= 15 is 0 Å². The third-order valence-corrected chi connectivity index (χ3v) is 6.99. The molecule has 0 radical (unpaired) electrons. The summed E-state index contributed by atoms with van der Waals surface area (Å²) in [4.78, 5) is 0. The van der Waals surface area contributed by atoms with Gasteiger partial charge in [-0.25, -0.2) is 0 Å². The smallest absolute Gasteiger partial charge is 0.0939 e. The van der Waals surface area contributed by atoms with Crippen LogP contribution in [0.1, 0.15) is 59.8 Å². The summed E-state index contributed by atoms with van der Waals surface area (Å²) < 4.78 is 0. The number of hydrogen-bond acceptors (Lipinski definition) is 2. The van der Waals surface area contributed by atoms with Crippen molar-refractivity contribution in [1.82, 2.24) is 0 Å². The van der Waals surface area contributed by atoms with Crippen molar-refractivity contribution in [1.29, 1.82) is 0 Å². The molecule has 3 aliphatic carbocycles. The topological polar surface area (TPSA) is 40.5 Å². The standard InChI is InChI=1S/C15H26O2/c1-12-6-5-7-13(2)10(12)14(3,9-8-12)15(4,17)11(13)16/h10-11,16-17H,5-9H2,1-4H3/t10-,11-,12-,13+,14-,15+/m1/s1. The minimum atomic E-state index is -0.922. The van der Waals surface area contributed by atoms with Gasteiger partial charge < -0.3 is 10.2 Å². The van der Waals surface area contributed by atoms with Crippen LogP contribution in [0.3, 0.4) is 0 Å². The van der Waals surface area contributed by atoms with E-state index < -0.39 is 11.7 Å². The maximum absolute atomic E-state index is 10.9. The van der Waals surface area contributed by atoms with Gasteiger partial charge in [-0.3, -0.25) is 0 Å². The molecule has 17 heavy (non-hydrogen) atoms. The Morgan fingerprint density at radius 2 is 1.59 bits per heavy atom. The molecule has 0 aromatic rings. The van der Waals surface area contributed by atoms with Crippen LogP contribution in [0, 0.1) is 22.2 Å². The first-order valence-corrected chi connectivity index (χ1v) is 7.09. The number of rotatable bonds is 0. The third kappa shape index (κ3) is 1.06. The molecular weight excluding hydrogens is 212 g/mol. The highest BCUT2D eigenvalue weighted by molar-refractivity contribution is 5.24. The molecule has 3 aliphatic rings. The van der Waals surface area contributed by atoms with E-state index in [4.69, 9.17) is 0 Å². The van der Waals surface area contributed by atoms with Gasteiger partial charge in [0.2, 0.25) is 0 Å². The Bertz CT molecular complexity index is 364. The Morgan fingerprint density at radius 3 is 2.24 bits per heavy atom. The molecule has 2 N–H and O–H groups in total. The second-order valence-electron chi connectivity index (χ2n) is 7.91. The first-order valence-electron chi connectivity index (χ1n) is 7.09. The van der Waals surface area contributed by atoms with Crippen molar-refractivity contribution in [2.75, 3.05) is 0 Å². The van der Waals surface area contributed by atoms with Gasteiger partial charge in [-0.2, -0.15) is 0 Å². The molecule has 3 saturated carbocycles. The van der Waals surface area contributed by atoms with E-state index in [1.165, 1.54) is 19.3 Å². The lowest BCUT2D eigenvalue weighted by atomic mass is 9.55. The molecule has 0 aromatic carbocycles. The van der Waals surface area contributed by atoms with E-state index in [2.05, 4.69) is 20.8 Å². The van der Waals surface area contributed by atoms with Crippen LogP contribution < -0.4 is 0 Å². The van der Waals surface area contributed by atoms with E-state index in [1.54, 1.807) is 0 Å². The van der Waals surface area contributed by atoms with Gasteiger partial charge in [0.05, 0.1) is 11.7 Å². The lowest BCUT2D eigenvalue weighted by Gasteiger charge is -2.49. The molecule has 3 fully saturated rings. The Kier molecular flexibility index (Phi) is 2.05. The van der Waals surface area contributed by atoms with Gasteiger partial charge in [0.15, 0.2) is 0 Å². The minimum Gasteiger partial charge on any atom is -0.390 e. The Balaban J connectivity index is 2.19. The van der Waals surface area contributed by atoms with Gasteiger partial charge >= 0.3 is 0 Å². The van der Waals surface area contributed by atoms with E-state index in [9.17, 15) is 10.2 Å². The molecule has 0 bridgehead atoms. The van der Waals surface area contributed by atoms with Crippen molar-refractivity contribution in [3.05, 3.63) is 0 Å². The van der Waals surface area contributed by atoms with Gasteiger partial charge in [-0.15, -0.1) is 0 Å². The van der Waals surface area contributed by atoms with Gasteiger partial charge in [0, 0.05) is 10.8 Å². The predicted octanol–water partition coefficient (Wildman–Crippen LogP) is 2.72. The molecule has 2 nitrogen and oxygen atoms in total. The Hall–Kier alpha value is -0.0800. The summed E-state index contributed by atoms with van der Waals surface area (Å²) in [6.45, 7) is 8.68. The van der Waals surface area contributed by atoms with Crippen LogP contribution in [0.4, 0.5) is 0 Å². The summed E-state index contributed by atoms with van der Waals surface area (Å²) in [5, 5.41) is 21.5. The van der Waals surface area contributed by atoms with E-state index in [0.29, 0.717) is 11.3 Å². The average molecular weight is 238 g/mol. The van der Waals surface area contributed by atoms with Crippen molar-refractivity contribution in [2.24, 2.45) is 22.2 Å². The fourth-order valence-corrected chi connectivity index (χ4v) is 6.21. The molecule has 2 heteroatoms. The fraction of sp³-hybridized carbons (Fsp3) is 1.00. The number of aliphatic hydroxyl groups is 2. The van der Waals surface area contributed by atoms with Gasteiger partial charge in [-0.05, 0) is 43.9 Å². The minimum absolute atomic E-state index is 0.0816. The first-order chi connectivity index (χ1) is 7.68. The van der Waals surface area contributed by atoms with Crippen LogP contribution in [0.15, 0.2) is 0 Å². The molecule has 0 heterocycles. The lowest BCUT2D eigenvalue weighted by molar-refractivity contribution is -0.122. The molecule has 6 atom stereocenters. The van der Waals surface area contributed by atoms with Crippen LogP contribution in [-0.4, -0.2) is 21.9 Å². The maximum Gasteiger partial charge on any atom is 0.0939 e. The molecule has 0 spiro atoms. The summed E-state index contributed by atoms with van der Waals surface area (Å²) >= 11 is 0. The molecule has 0 unspecified atom stereocenters. The number of hydrogen-bond donors (Lipinski definition) is 2. The largest absolute Gasteiger partial charge is 0.390 e. The molecule has 3 rings (SSSR count). The SMILES string of the molecule is C[C@@]12CCC[C@]3(C)[C@@H](O)[C@](C)(O)[C@](C)(CC1)[C@H]23. The van der Waals surface area contributed by atoms with E-state index in [0.717, 1.165) is 12.8 Å². The molecular formula is C15H26O2. The van der Waals surface area contributed by atoms with E-state index in [-0.39, 0.29) is 10.8 Å². The summed E-state index contributed by atoms with van der Waals surface area (Å²) in [5.74, 6) is 0.473. The zero-order valence-electron chi connectivity index (χ0n) is 11.6. The summed E-state index contributed by atoms with van der Waals surface area (Å²) in [6, 6.07) is 0. The summed E-state index contributed by atoms with van der Waals surface area (Å²) in [5.41, 5.74) is -0.768. The van der Waals surface area contributed by atoms with Crippen molar-refractivity contribution in [3.63, 3.8) is 0 Å². The third-order valence-electron chi connectivity index (χ3n) is 6.99. The summed E-state index contributed by atoms with van der Waals surface area (Å²) in [7, 11) is 0. The first kappa shape index (κ1) is 12.0. The average Bonchev–Trinajstić information content (AvgIpc) is 2.58. The molecule has 98 valence electrons. The zero-order chi connectivity index (χ0) is 12.7. The second-order valence-corrected chi connectivity index (χ2v) is 7.91. The van der Waals surface area contributed by atoms with Gasteiger partial charge in [0.25, 0.3) is 0 Å². The Morgan fingerprint density at radius 1 is 0.941 bits per heavy atom. The highest BCUT2D eigenvalue weighted by Crippen LogP contribution is 2.75. The quantitative estimate of drug-likeness (QED) is 0.681. The maximum atomic E-state index is 10.9.